The quantitative estimate of drug-likeness (QED) is 0.122. The van der Waals surface area contributed by atoms with Crippen LogP contribution in [0.1, 0.15) is 38.8 Å². The zero-order valence-corrected chi connectivity index (χ0v) is 30.2. The molecule has 4 nitrogen and oxygen atoms in total. The first-order chi connectivity index (χ1) is 20.4. The van der Waals surface area contributed by atoms with Crippen LogP contribution in [0.3, 0.4) is 0 Å². The fraction of sp³-hybridized carbons (Fsp3) is 0.188. The Hall–Kier alpha value is -2.38. The summed E-state index contributed by atoms with van der Waals surface area (Å²) in [5.74, 6) is -0.619. The summed E-state index contributed by atoms with van der Waals surface area (Å²) < 4.78 is 27.7. The number of nitrogens with zero attached hydrogens (tertiary/aromatic N) is 2. The van der Waals surface area contributed by atoms with Crippen molar-refractivity contribution in [2.24, 2.45) is 10.7 Å². The van der Waals surface area contributed by atoms with E-state index >= 15 is 0 Å². The number of nitrogens with two attached hydrogens (primary N) is 2. The normalized spacial score (nSPS) is 11.5. The topological polar surface area (TPSA) is 88.2 Å². The average Bonchev–Trinajstić information content (AvgIpc) is 2.93. The molecule has 0 amide bonds. The van der Waals surface area contributed by atoms with Crippen LogP contribution in [0.25, 0.3) is 0 Å². The second kappa shape index (κ2) is 16.3. The average molecular weight is 808 g/mol. The molecule has 0 aliphatic rings. The van der Waals surface area contributed by atoms with Gasteiger partial charge in [0.2, 0.25) is 0 Å². The summed E-state index contributed by atoms with van der Waals surface area (Å²) in [5.41, 5.74) is 11.6. The number of benzene rings is 4. The molecule has 4 rings (SSSR count). The first-order valence-electron chi connectivity index (χ1n) is 12.7. The molecule has 0 heterocycles. The van der Waals surface area contributed by atoms with Crippen molar-refractivity contribution >= 4 is 95.5 Å². The third kappa shape index (κ3) is 10.1. The van der Waals surface area contributed by atoms with E-state index in [0.29, 0.717) is 40.2 Å². The molecule has 0 aliphatic heterocycles. The van der Waals surface area contributed by atoms with Crippen LogP contribution in [-0.4, -0.2) is 5.84 Å². The highest BCUT2D eigenvalue weighted by molar-refractivity contribution is 9.10. The number of anilines is 1. The Morgan fingerprint density at radius 1 is 0.750 bits per heavy atom. The summed E-state index contributed by atoms with van der Waals surface area (Å²) in [4.78, 5) is 4.21. The smallest absolute Gasteiger partial charge is 0.149 e. The summed E-state index contributed by atoms with van der Waals surface area (Å²) in [6, 6.07) is 21.8. The summed E-state index contributed by atoms with van der Waals surface area (Å²) in [6.45, 7) is 7.27. The Kier molecular flexibility index (Phi) is 14.0. The van der Waals surface area contributed by atoms with Crippen molar-refractivity contribution in [1.29, 1.82) is 5.26 Å². The number of hydrogen-bond acceptors (Lipinski definition) is 3. The number of rotatable bonds is 4. The van der Waals surface area contributed by atoms with Gasteiger partial charge in [-0.1, -0.05) is 90.4 Å². The van der Waals surface area contributed by atoms with Crippen molar-refractivity contribution in [3.05, 3.63) is 125 Å². The largest absolute Gasteiger partial charge is 0.396 e. The fourth-order valence-corrected chi connectivity index (χ4v) is 6.12. The van der Waals surface area contributed by atoms with Crippen LogP contribution in [0, 0.1) is 23.0 Å². The van der Waals surface area contributed by atoms with Crippen molar-refractivity contribution in [2.45, 2.75) is 38.5 Å². The highest BCUT2D eigenvalue weighted by Crippen LogP contribution is 2.37. The summed E-state index contributed by atoms with van der Waals surface area (Å²) in [6.07, 6.45) is 0. The second-order valence-electron chi connectivity index (χ2n) is 10.3. The Morgan fingerprint density at radius 2 is 1.18 bits per heavy atom. The minimum atomic E-state index is -0.741. The molecule has 0 bridgehead atoms. The minimum absolute atomic E-state index is 0.164. The molecule has 0 radical (unpaired) electrons. The van der Waals surface area contributed by atoms with Crippen molar-refractivity contribution < 1.29 is 8.78 Å². The molecular weight excluding hydrogens is 780 g/mol. The van der Waals surface area contributed by atoms with E-state index in [1.165, 1.54) is 18.2 Å². The van der Waals surface area contributed by atoms with Crippen LogP contribution in [0.4, 0.5) is 20.2 Å². The summed E-state index contributed by atoms with van der Waals surface area (Å²) >= 11 is 30.7. The first kappa shape index (κ1) is 37.8. The third-order valence-electron chi connectivity index (χ3n) is 6.21. The fourth-order valence-electron chi connectivity index (χ4n) is 3.72. The van der Waals surface area contributed by atoms with E-state index in [1.54, 1.807) is 68.4 Å². The van der Waals surface area contributed by atoms with Gasteiger partial charge in [0.15, 0.2) is 0 Å². The molecule has 0 unspecified atom stereocenters. The number of nitriles is 1. The molecule has 0 aromatic heterocycles. The lowest BCUT2D eigenvalue weighted by atomic mass is 9.83. The van der Waals surface area contributed by atoms with Crippen LogP contribution in [0.2, 0.25) is 20.1 Å². The predicted molar refractivity (Wildman–Crippen MR) is 188 cm³/mol. The number of aliphatic imine (C=N–C) groups is 1. The Balaban J connectivity index is 0.000000258. The molecule has 12 heteroatoms. The lowest BCUT2D eigenvalue weighted by molar-refractivity contribution is 0.628. The number of halogens is 8. The zero-order chi connectivity index (χ0) is 33.4. The van der Waals surface area contributed by atoms with Crippen LogP contribution in [0.5, 0.6) is 0 Å². The van der Waals surface area contributed by atoms with E-state index in [9.17, 15) is 8.78 Å². The number of amidine groups is 1. The Morgan fingerprint density at radius 3 is 1.59 bits per heavy atom. The lowest BCUT2D eigenvalue weighted by Crippen LogP contribution is -2.36. The van der Waals surface area contributed by atoms with Crippen molar-refractivity contribution in [3.8, 4) is 6.07 Å². The van der Waals surface area contributed by atoms with Gasteiger partial charge in [-0.15, -0.1) is 0 Å². The van der Waals surface area contributed by atoms with E-state index in [-0.39, 0.29) is 23.0 Å². The van der Waals surface area contributed by atoms with E-state index in [1.807, 2.05) is 13.8 Å². The molecule has 0 aliphatic carbocycles. The van der Waals surface area contributed by atoms with Crippen LogP contribution < -0.4 is 11.5 Å². The Bertz CT molecular complexity index is 1670. The molecule has 4 aromatic rings. The van der Waals surface area contributed by atoms with E-state index < -0.39 is 16.6 Å². The molecule has 0 spiro atoms. The van der Waals surface area contributed by atoms with Gasteiger partial charge in [-0.3, -0.25) is 0 Å². The first-order valence-corrected chi connectivity index (χ1v) is 15.8. The SMILES string of the molecule is CC(C)(C#N)c1c(Cl)cccc1Cl.CC(C)(C(N)=Nc1ccc(Br)cc1F)c1c(Cl)cccc1Cl.Nc1ccc(Br)cc1F. The lowest BCUT2D eigenvalue weighted by Gasteiger charge is -2.27. The number of hydrogen-bond donors (Lipinski definition) is 2. The maximum absolute atomic E-state index is 13.9. The molecule has 44 heavy (non-hydrogen) atoms. The van der Waals surface area contributed by atoms with Crippen molar-refractivity contribution in [3.63, 3.8) is 0 Å². The maximum atomic E-state index is 13.9. The molecule has 0 fully saturated rings. The summed E-state index contributed by atoms with van der Waals surface area (Å²) in [7, 11) is 0. The predicted octanol–water partition coefficient (Wildman–Crippen LogP) is 11.8. The van der Waals surface area contributed by atoms with Gasteiger partial charge in [-0.2, -0.15) is 5.26 Å². The van der Waals surface area contributed by atoms with Gasteiger partial charge in [0.25, 0.3) is 0 Å². The molecule has 4 aromatic carbocycles. The maximum Gasteiger partial charge on any atom is 0.149 e. The van der Waals surface area contributed by atoms with Crippen LogP contribution >= 0.6 is 78.3 Å². The second-order valence-corrected chi connectivity index (χ2v) is 13.8. The van der Waals surface area contributed by atoms with Gasteiger partial charge in [0.05, 0.1) is 22.6 Å². The van der Waals surface area contributed by atoms with Gasteiger partial charge in [0, 0.05) is 40.2 Å². The van der Waals surface area contributed by atoms with Gasteiger partial charge in [-0.25, -0.2) is 13.8 Å². The van der Waals surface area contributed by atoms with Gasteiger partial charge in [-0.05, 0) is 88.4 Å². The zero-order valence-electron chi connectivity index (χ0n) is 24.0. The molecule has 0 saturated carbocycles. The van der Waals surface area contributed by atoms with Gasteiger partial charge >= 0.3 is 0 Å². The molecular formula is C32H28Br2Cl4F2N4. The Labute approximate surface area is 293 Å². The standard InChI is InChI=1S/C16H14BrCl2FN2.C10H9Cl2N.C6H5BrFN/c1-16(2,14-10(18)4-3-5-11(14)19)15(21)22-13-7-6-9(17)8-12(13)20;1-10(2,6-13)9-7(11)4-3-5-8(9)12;7-4-1-2-6(9)5(8)3-4/h3-8H,1-2H3,(H2,21,22);3-5H,1-2H3;1-3H,9H2. The van der Waals surface area contributed by atoms with Crippen molar-refractivity contribution in [1.82, 2.24) is 0 Å². The molecule has 232 valence electrons. The van der Waals surface area contributed by atoms with Crippen molar-refractivity contribution in [2.75, 3.05) is 5.73 Å². The minimum Gasteiger partial charge on any atom is -0.396 e. The molecule has 0 atom stereocenters. The number of nitrogen functional groups attached to an aromatic ring is 1. The van der Waals surface area contributed by atoms with Gasteiger partial charge in [0.1, 0.15) is 23.2 Å². The van der Waals surface area contributed by atoms with Crippen LogP contribution in [-0.2, 0) is 10.8 Å². The highest BCUT2D eigenvalue weighted by Gasteiger charge is 2.30. The van der Waals surface area contributed by atoms with Crippen LogP contribution in [0.15, 0.2) is 86.7 Å². The molecule has 4 N–H and O–H groups in total. The monoisotopic (exact) mass is 804 g/mol. The van der Waals surface area contributed by atoms with E-state index in [2.05, 4.69) is 42.9 Å². The third-order valence-corrected chi connectivity index (χ3v) is 8.45. The highest BCUT2D eigenvalue weighted by atomic mass is 79.9. The van der Waals surface area contributed by atoms with E-state index in [4.69, 9.17) is 63.1 Å². The summed E-state index contributed by atoms with van der Waals surface area (Å²) in [5, 5.41) is 11.0. The van der Waals surface area contributed by atoms with E-state index in [0.717, 1.165) is 0 Å². The molecule has 0 saturated heterocycles. The van der Waals surface area contributed by atoms with Gasteiger partial charge < -0.3 is 11.5 Å².